The first-order valence-corrected chi connectivity index (χ1v) is 5.28. The van der Waals surface area contributed by atoms with E-state index in [9.17, 15) is 4.79 Å². The van der Waals surface area contributed by atoms with Crippen LogP contribution in [0.1, 0.15) is 5.56 Å². The molecule has 0 atom stereocenters. The molecule has 0 spiro atoms. The highest BCUT2D eigenvalue weighted by atomic mass is 16.5. The van der Waals surface area contributed by atoms with Gasteiger partial charge in [-0.15, -0.1) is 0 Å². The molecule has 88 valence electrons. The summed E-state index contributed by atoms with van der Waals surface area (Å²) in [5.74, 6) is 0.229. The molecule has 1 amide bonds. The normalized spacial score (nSPS) is 14.9. The number of nitrogens with zero attached hydrogens (tertiary/aromatic N) is 2. The first-order valence-electron chi connectivity index (χ1n) is 5.28. The number of hydrogen-bond donors (Lipinski definition) is 1. The van der Waals surface area contributed by atoms with Crippen LogP contribution >= 0.6 is 0 Å². The predicted octanol–water partition coefficient (Wildman–Crippen LogP) is 0.140. The number of carbonyl (C=O) groups is 1. The summed E-state index contributed by atoms with van der Waals surface area (Å²) in [6.07, 6.45) is -0.412. The van der Waals surface area contributed by atoms with E-state index >= 15 is 0 Å². The van der Waals surface area contributed by atoms with E-state index in [4.69, 9.17) is 15.1 Å². The zero-order chi connectivity index (χ0) is 12.3. The van der Waals surface area contributed by atoms with Crippen molar-refractivity contribution in [2.75, 3.05) is 19.7 Å². The molecule has 1 saturated heterocycles. The predicted molar refractivity (Wildman–Crippen MR) is 59.2 cm³/mol. The first kappa shape index (κ1) is 11.4. The van der Waals surface area contributed by atoms with Gasteiger partial charge in [0.15, 0.2) is 6.61 Å². The molecule has 1 heterocycles. The summed E-state index contributed by atoms with van der Waals surface area (Å²) in [7, 11) is 0. The van der Waals surface area contributed by atoms with Crippen LogP contribution in [0, 0.1) is 11.3 Å². The zero-order valence-electron chi connectivity index (χ0n) is 9.17. The number of carbonyl (C=O) groups excluding carboxylic acids is 1. The second-order valence-corrected chi connectivity index (χ2v) is 3.85. The number of para-hydroxylation sites is 1. The van der Waals surface area contributed by atoms with E-state index in [0.29, 0.717) is 24.4 Å². The van der Waals surface area contributed by atoms with Gasteiger partial charge in [0.1, 0.15) is 11.8 Å². The SMILES string of the molecule is N#Cc1ccccc1OCC(=O)N1CC(O)C1. The molecule has 0 aliphatic carbocycles. The molecule has 0 saturated carbocycles. The Hall–Kier alpha value is -2.06. The minimum absolute atomic E-state index is 0.106. The topological polar surface area (TPSA) is 73.6 Å². The average molecular weight is 232 g/mol. The maximum Gasteiger partial charge on any atom is 0.260 e. The molecule has 17 heavy (non-hydrogen) atoms. The van der Waals surface area contributed by atoms with Crippen molar-refractivity contribution in [1.82, 2.24) is 4.90 Å². The van der Waals surface area contributed by atoms with Gasteiger partial charge in [-0.25, -0.2) is 0 Å². The maximum atomic E-state index is 11.6. The lowest BCUT2D eigenvalue weighted by Gasteiger charge is -2.35. The number of aliphatic hydroxyl groups excluding tert-OH is 1. The average Bonchev–Trinajstić information content (AvgIpc) is 2.32. The lowest BCUT2D eigenvalue weighted by Crippen LogP contribution is -2.54. The van der Waals surface area contributed by atoms with E-state index in [0.717, 1.165) is 0 Å². The summed E-state index contributed by atoms with van der Waals surface area (Å²) in [6, 6.07) is 8.75. The van der Waals surface area contributed by atoms with Gasteiger partial charge in [-0.2, -0.15) is 5.26 Å². The maximum absolute atomic E-state index is 11.6. The van der Waals surface area contributed by atoms with Gasteiger partial charge >= 0.3 is 0 Å². The standard InChI is InChI=1S/C12H12N2O3/c13-5-9-3-1-2-4-11(9)17-8-12(16)14-6-10(15)7-14/h1-4,10,15H,6-8H2. The first-order chi connectivity index (χ1) is 8.20. The molecule has 0 radical (unpaired) electrons. The number of hydrogen-bond acceptors (Lipinski definition) is 4. The third kappa shape index (κ3) is 2.55. The lowest BCUT2D eigenvalue weighted by atomic mass is 10.2. The fourth-order valence-corrected chi connectivity index (χ4v) is 1.57. The van der Waals surface area contributed by atoms with Crippen LogP contribution in [-0.4, -0.2) is 41.7 Å². The minimum atomic E-state index is -0.412. The van der Waals surface area contributed by atoms with E-state index in [-0.39, 0.29) is 12.5 Å². The molecule has 5 nitrogen and oxygen atoms in total. The summed E-state index contributed by atoms with van der Waals surface area (Å²) in [5, 5.41) is 17.9. The quantitative estimate of drug-likeness (QED) is 0.804. The van der Waals surface area contributed by atoms with Crippen LogP contribution in [0.25, 0.3) is 0 Å². The Labute approximate surface area is 98.8 Å². The molecule has 0 aromatic heterocycles. The molecule has 1 aromatic rings. The molecule has 0 bridgehead atoms. The molecule has 1 N–H and O–H groups in total. The third-order valence-electron chi connectivity index (χ3n) is 2.57. The molecule has 1 aliphatic rings. The Morgan fingerprint density at radius 3 is 2.88 bits per heavy atom. The Morgan fingerprint density at radius 2 is 2.24 bits per heavy atom. The molecule has 1 fully saturated rings. The van der Waals surface area contributed by atoms with Crippen molar-refractivity contribution in [3.05, 3.63) is 29.8 Å². The van der Waals surface area contributed by atoms with Gasteiger partial charge in [0.05, 0.1) is 11.7 Å². The lowest BCUT2D eigenvalue weighted by molar-refractivity contribution is -0.143. The van der Waals surface area contributed by atoms with Crippen molar-refractivity contribution >= 4 is 5.91 Å². The Balaban J connectivity index is 1.90. The molecule has 2 rings (SSSR count). The molecule has 5 heteroatoms. The van der Waals surface area contributed by atoms with Crippen molar-refractivity contribution in [2.45, 2.75) is 6.10 Å². The van der Waals surface area contributed by atoms with Gasteiger partial charge in [-0.3, -0.25) is 4.79 Å². The van der Waals surface area contributed by atoms with Crippen LogP contribution in [0.4, 0.5) is 0 Å². The fourth-order valence-electron chi connectivity index (χ4n) is 1.57. The molecule has 1 aliphatic heterocycles. The molecular formula is C12H12N2O3. The number of benzene rings is 1. The van der Waals surface area contributed by atoms with Gasteiger partial charge in [-0.05, 0) is 12.1 Å². The number of aliphatic hydroxyl groups is 1. The van der Waals surface area contributed by atoms with Crippen molar-refractivity contribution < 1.29 is 14.6 Å². The van der Waals surface area contributed by atoms with Gasteiger partial charge in [0.25, 0.3) is 5.91 Å². The highest BCUT2D eigenvalue weighted by molar-refractivity contribution is 5.78. The smallest absolute Gasteiger partial charge is 0.260 e. The van der Waals surface area contributed by atoms with E-state index < -0.39 is 6.10 Å². The zero-order valence-corrected chi connectivity index (χ0v) is 9.17. The Bertz CT molecular complexity index is 461. The van der Waals surface area contributed by atoms with Crippen molar-refractivity contribution in [3.8, 4) is 11.8 Å². The largest absolute Gasteiger partial charge is 0.482 e. The van der Waals surface area contributed by atoms with Crippen LogP contribution in [0.3, 0.4) is 0 Å². The van der Waals surface area contributed by atoms with Crippen LogP contribution in [-0.2, 0) is 4.79 Å². The van der Waals surface area contributed by atoms with Crippen LogP contribution < -0.4 is 4.74 Å². The van der Waals surface area contributed by atoms with Gasteiger partial charge < -0.3 is 14.7 Å². The summed E-state index contributed by atoms with van der Waals surface area (Å²) in [4.78, 5) is 13.1. The minimum Gasteiger partial charge on any atom is -0.482 e. The summed E-state index contributed by atoms with van der Waals surface area (Å²) < 4.78 is 5.29. The molecule has 0 unspecified atom stereocenters. The number of nitriles is 1. The number of rotatable bonds is 3. The summed E-state index contributed by atoms with van der Waals surface area (Å²) >= 11 is 0. The van der Waals surface area contributed by atoms with Gasteiger partial charge in [-0.1, -0.05) is 12.1 Å². The van der Waals surface area contributed by atoms with Crippen molar-refractivity contribution in [3.63, 3.8) is 0 Å². The van der Waals surface area contributed by atoms with E-state index in [1.807, 2.05) is 6.07 Å². The number of β-amino-alcohol motifs (C(OH)–C–C–N with tert-alkyl or cyclic N) is 1. The highest BCUT2D eigenvalue weighted by Crippen LogP contribution is 2.17. The number of likely N-dealkylation sites (tertiary alicyclic amines) is 1. The summed E-state index contributed by atoms with van der Waals surface area (Å²) in [5.41, 5.74) is 0.406. The third-order valence-corrected chi connectivity index (χ3v) is 2.57. The van der Waals surface area contributed by atoms with Crippen molar-refractivity contribution in [1.29, 1.82) is 5.26 Å². The number of ether oxygens (including phenoxy) is 1. The van der Waals surface area contributed by atoms with Crippen LogP contribution in [0.15, 0.2) is 24.3 Å². The highest BCUT2D eigenvalue weighted by Gasteiger charge is 2.28. The fraction of sp³-hybridized carbons (Fsp3) is 0.333. The molecule has 1 aromatic carbocycles. The van der Waals surface area contributed by atoms with E-state index in [1.54, 1.807) is 24.3 Å². The number of amides is 1. The van der Waals surface area contributed by atoms with Gasteiger partial charge in [0.2, 0.25) is 0 Å². The Kier molecular flexibility index (Phi) is 3.26. The monoisotopic (exact) mass is 232 g/mol. The van der Waals surface area contributed by atoms with Gasteiger partial charge in [0, 0.05) is 13.1 Å². The van der Waals surface area contributed by atoms with Crippen LogP contribution in [0.2, 0.25) is 0 Å². The van der Waals surface area contributed by atoms with E-state index in [1.165, 1.54) is 4.90 Å². The van der Waals surface area contributed by atoms with Crippen LogP contribution in [0.5, 0.6) is 5.75 Å². The summed E-state index contributed by atoms with van der Waals surface area (Å²) in [6.45, 7) is 0.621. The second-order valence-electron chi connectivity index (χ2n) is 3.85. The van der Waals surface area contributed by atoms with E-state index in [2.05, 4.69) is 0 Å². The second kappa shape index (κ2) is 4.85. The molecular weight excluding hydrogens is 220 g/mol. The van der Waals surface area contributed by atoms with Crippen molar-refractivity contribution in [2.24, 2.45) is 0 Å². The Morgan fingerprint density at radius 1 is 1.53 bits per heavy atom.